The van der Waals surface area contributed by atoms with Gasteiger partial charge in [-0.05, 0) is 50.3 Å². The maximum Gasteiger partial charge on any atom is 0.237 e. The van der Waals surface area contributed by atoms with E-state index in [1.807, 2.05) is 50.6 Å². The fraction of sp³-hybridized carbons (Fsp3) is 0.526. The van der Waals surface area contributed by atoms with Crippen LogP contribution in [0.1, 0.15) is 30.3 Å². The minimum absolute atomic E-state index is 0.0925. The third kappa shape index (κ3) is 4.94. The average molecular weight is 423 g/mol. The predicted molar refractivity (Wildman–Crippen MR) is 111 cm³/mol. The quantitative estimate of drug-likeness (QED) is 0.719. The SMILES string of the molecule is Cc1ccc(C)c(NC(=O)[C@H](C)Sc2nnc(C[C@@H]3CCS(=O)(=O)C3)n2C)c1. The normalized spacial score (nSPS) is 19.5. The van der Waals surface area contributed by atoms with Crippen molar-refractivity contribution in [2.45, 2.75) is 44.0 Å². The highest BCUT2D eigenvalue weighted by atomic mass is 32.2. The highest BCUT2D eigenvalue weighted by Gasteiger charge is 2.29. The maximum atomic E-state index is 12.6. The van der Waals surface area contributed by atoms with Crippen LogP contribution in [0.4, 0.5) is 5.69 Å². The highest BCUT2D eigenvalue weighted by Crippen LogP contribution is 2.26. The molecule has 1 amide bonds. The third-order valence-corrected chi connectivity index (χ3v) is 8.00. The molecule has 1 N–H and O–H groups in total. The number of anilines is 1. The molecular weight excluding hydrogens is 396 g/mol. The van der Waals surface area contributed by atoms with Crippen LogP contribution in [-0.4, -0.2) is 45.8 Å². The van der Waals surface area contributed by atoms with Gasteiger partial charge in [0, 0.05) is 19.2 Å². The molecule has 0 spiro atoms. The Kier molecular flexibility index (Phi) is 6.14. The molecule has 0 radical (unpaired) electrons. The average Bonchev–Trinajstić information content (AvgIpc) is 3.14. The predicted octanol–water partition coefficient (Wildman–Crippen LogP) is 2.53. The van der Waals surface area contributed by atoms with E-state index in [2.05, 4.69) is 15.5 Å². The largest absolute Gasteiger partial charge is 0.325 e. The van der Waals surface area contributed by atoms with E-state index in [0.717, 1.165) is 22.6 Å². The number of nitrogens with one attached hydrogen (secondary N) is 1. The lowest BCUT2D eigenvalue weighted by Gasteiger charge is -2.14. The van der Waals surface area contributed by atoms with Crippen molar-refractivity contribution in [2.75, 3.05) is 16.8 Å². The number of aromatic nitrogens is 3. The first-order chi connectivity index (χ1) is 13.1. The second kappa shape index (κ2) is 8.24. The van der Waals surface area contributed by atoms with E-state index in [-0.39, 0.29) is 28.6 Å². The highest BCUT2D eigenvalue weighted by molar-refractivity contribution is 8.00. The van der Waals surface area contributed by atoms with E-state index >= 15 is 0 Å². The topological polar surface area (TPSA) is 94.0 Å². The van der Waals surface area contributed by atoms with Crippen LogP contribution in [-0.2, 0) is 28.1 Å². The van der Waals surface area contributed by atoms with Crippen LogP contribution in [0.5, 0.6) is 0 Å². The zero-order chi connectivity index (χ0) is 20.5. The van der Waals surface area contributed by atoms with E-state index in [1.54, 1.807) is 0 Å². The number of hydrogen-bond donors (Lipinski definition) is 1. The number of rotatable bonds is 6. The third-order valence-electron chi connectivity index (χ3n) is 5.03. The number of hydrogen-bond acceptors (Lipinski definition) is 6. The van der Waals surface area contributed by atoms with Gasteiger partial charge in [0.25, 0.3) is 0 Å². The molecule has 2 heterocycles. The van der Waals surface area contributed by atoms with Crippen LogP contribution >= 0.6 is 11.8 Å². The van der Waals surface area contributed by atoms with Gasteiger partial charge in [-0.3, -0.25) is 4.79 Å². The molecule has 9 heteroatoms. The van der Waals surface area contributed by atoms with Crippen LogP contribution in [0.25, 0.3) is 0 Å². The van der Waals surface area contributed by atoms with Crippen molar-refractivity contribution in [3.63, 3.8) is 0 Å². The fourth-order valence-electron chi connectivity index (χ4n) is 3.23. The number of thioether (sulfide) groups is 1. The first-order valence-corrected chi connectivity index (χ1v) is 12.0. The molecule has 1 aromatic heterocycles. The van der Waals surface area contributed by atoms with E-state index < -0.39 is 9.84 Å². The van der Waals surface area contributed by atoms with Gasteiger partial charge in [0.1, 0.15) is 5.82 Å². The molecule has 2 aromatic rings. The Balaban J connectivity index is 1.62. The van der Waals surface area contributed by atoms with E-state index in [9.17, 15) is 13.2 Å². The molecule has 1 aromatic carbocycles. The van der Waals surface area contributed by atoms with Crippen LogP contribution in [0.2, 0.25) is 0 Å². The zero-order valence-electron chi connectivity index (χ0n) is 16.6. The first kappa shape index (κ1) is 20.9. The van der Waals surface area contributed by atoms with Gasteiger partial charge < -0.3 is 9.88 Å². The molecule has 1 fully saturated rings. The summed E-state index contributed by atoms with van der Waals surface area (Å²) in [6.45, 7) is 5.79. The summed E-state index contributed by atoms with van der Waals surface area (Å²) < 4.78 is 25.1. The van der Waals surface area contributed by atoms with Crippen LogP contribution in [0.3, 0.4) is 0 Å². The number of sulfone groups is 1. The van der Waals surface area contributed by atoms with E-state index in [4.69, 9.17) is 0 Å². The molecule has 3 rings (SSSR count). The van der Waals surface area contributed by atoms with Crippen molar-refractivity contribution >= 4 is 33.2 Å². The minimum Gasteiger partial charge on any atom is -0.325 e. The lowest BCUT2D eigenvalue weighted by molar-refractivity contribution is -0.115. The molecule has 2 atom stereocenters. The lowest BCUT2D eigenvalue weighted by Crippen LogP contribution is -2.23. The number of benzene rings is 1. The maximum absolute atomic E-state index is 12.6. The molecule has 1 aliphatic rings. The standard InChI is InChI=1S/C19H26N4O3S2/c1-12-5-6-13(2)16(9-12)20-18(24)14(3)27-19-22-21-17(23(19)4)10-15-7-8-28(25,26)11-15/h5-6,9,14-15H,7-8,10-11H2,1-4H3,(H,20,24)/t14-,15-/m0/s1. The Hall–Kier alpha value is -1.87. The molecule has 7 nitrogen and oxygen atoms in total. The van der Waals surface area contributed by atoms with Gasteiger partial charge in [-0.1, -0.05) is 23.9 Å². The summed E-state index contributed by atoms with van der Waals surface area (Å²) in [4.78, 5) is 12.6. The Morgan fingerprint density at radius 3 is 2.79 bits per heavy atom. The molecule has 1 aliphatic heterocycles. The minimum atomic E-state index is -2.90. The summed E-state index contributed by atoms with van der Waals surface area (Å²) in [6.07, 6.45) is 1.26. The van der Waals surface area contributed by atoms with E-state index in [1.165, 1.54) is 11.8 Å². The van der Waals surface area contributed by atoms with Gasteiger partial charge in [-0.15, -0.1) is 10.2 Å². The van der Waals surface area contributed by atoms with Gasteiger partial charge in [0.05, 0.1) is 16.8 Å². The van der Waals surface area contributed by atoms with Crippen molar-refractivity contribution in [3.05, 3.63) is 35.2 Å². The van der Waals surface area contributed by atoms with Crippen molar-refractivity contribution in [2.24, 2.45) is 13.0 Å². The Labute approximate surface area is 170 Å². The molecule has 0 unspecified atom stereocenters. The molecule has 0 aliphatic carbocycles. The Morgan fingerprint density at radius 1 is 1.36 bits per heavy atom. The van der Waals surface area contributed by atoms with Gasteiger partial charge in [0.2, 0.25) is 5.91 Å². The van der Waals surface area contributed by atoms with Crippen molar-refractivity contribution in [1.82, 2.24) is 14.8 Å². The molecule has 1 saturated heterocycles. The monoisotopic (exact) mass is 422 g/mol. The van der Waals surface area contributed by atoms with Crippen molar-refractivity contribution in [1.29, 1.82) is 0 Å². The Bertz CT molecular complexity index is 985. The van der Waals surface area contributed by atoms with Gasteiger partial charge in [-0.2, -0.15) is 0 Å². The fourth-order valence-corrected chi connectivity index (χ4v) is 5.93. The van der Waals surface area contributed by atoms with Crippen molar-refractivity contribution < 1.29 is 13.2 Å². The number of carbonyl (C=O) groups is 1. The second-order valence-corrected chi connectivity index (χ2v) is 11.0. The zero-order valence-corrected chi connectivity index (χ0v) is 18.2. The van der Waals surface area contributed by atoms with Crippen LogP contribution in [0, 0.1) is 19.8 Å². The Morgan fingerprint density at radius 2 is 2.11 bits per heavy atom. The molecule has 0 saturated carbocycles. The van der Waals surface area contributed by atoms with Gasteiger partial charge in [-0.25, -0.2) is 8.42 Å². The van der Waals surface area contributed by atoms with Crippen molar-refractivity contribution in [3.8, 4) is 0 Å². The van der Waals surface area contributed by atoms with Crippen LogP contribution < -0.4 is 5.32 Å². The second-order valence-electron chi connectivity index (χ2n) is 7.50. The molecular formula is C19H26N4O3S2. The lowest BCUT2D eigenvalue weighted by atomic mass is 10.1. The number of nitrogens with zero attached hydrogens (tertiary/aromatic N) is 3. The molecule has 152 valence electrons. The summed E-state index contributed by atoms with van der Waals surface area (Å²) >= 11 is 1.35. The smallest absolute Gasteiger partial charge is 0.237 e. The van der Waals surface area contributed by atoms with Gasteiger partial charge >= 0.3 is 0 Å². The van der Waals surface area contributed by atoms with Gasteiger partial charge in [0.15, 0.2) is 15.0 Å². The summed E-state index contributed by atoms with van der Waals surface area (Å²) in [7, 11) is -1.05. The molecule has 0 bridgehead atoms. The summed E-state index contributed by atoms with van der Waals surface area (Å²) in [5.74, 6) is 1.23. The summed E-state index contributed by atoms with van der Waals surface area (Å²) in [5.41, 5.74) is 2.93. The first-order valence-electron chi connectivity index (χ1n) is 9.28. The molecule has 28 heavy (non-hydrogen) atoms. The number of amides is 1. The van der Waals surface area contributed by atoms with Crippen LogP contribution in [0.15, 0.2) is 23.4 Å². The summed E-state index contributed by atoms with van der Waals surface area (Å²) in [6, 6.07) is 5.96. The van der Waals surface area contributed by atoms with E-state index in [0.29, 0.717) is 18.0 Å². The summed E-state index contributed by atoms with van der Waals surface area (Å²) in [5, 5.41) is 11.7. The number of carbonyl (C=O) groups excluding carboxylic acids is 1. The number of aryl methyl sites for hydroxylation is 2.